The van der Waals surface area contributed by atoms with Crippen molar-refractivity contribution >= 4 is 6.29 Å². The molecule has 1 aromatic carbocycles. The van der Waals surface area contributed by atoms with E-state index in [1.54, 1.807) is 0 Å². The van der Waals surface area contributed by atoms with Crippen molar-refractivity contribution in [3.8, 4) is 5.75 Å². The Kier molecular flexibility index (Phi) is 3.63. The zero-order valence-corrected chi connectivity index (χ0v) is 10.4. The van der Waals surface area contributed by atoms with Crippen LogP contribution >= 0.6 is 0 Å². The quantitative estimate of drug-likeness (QED) is 0.773. The molecule has 0 aliphatic carbocycles. The molecule has 0 amide bonds. The molecular weight excluding hydrogens is 239 g/mol. The average Bonchev–Trinajstić information content (AvgIpc) is 2.88. The van der Waals surface area contributed by atoms with Gasteiger partial charge in [0.15, 0.2) is 12.1 Å². The number of hydrogen-bond acceptors (Lipinski definition) is 4. The Bertz CT molecular complexity index is 453. The van der Waals surface area contributed by atoms with Gasteiger partial charge in [0.25, 0.3) is 0 Å². The number of carbonyl (C=O) groups is 1. The van der Waals surface area contributed by atoms with Gasteiger partial charge in [-0.1, -0.05) is 6.92 Å². The summed E-state index contributed by atoms with van der Waals surface area (Å²) in [5.74, 6) is -1.39. The molecule has 2 rings (SSSR count). The zero-order chi connectivity index (χ0) is 13.2. The van der Waals surface area contributed by atoms with Crippen molar-refractivity contribution in [3.05, 3.63) is 29.1 Å². The van der Waals surface area contributed by atoms with Gasteiger partial charge >= 0.3 is 0 Å². The van der Waals surface area contributed by atoms with E-state index >= 15 is 0 Å². The Labute approximate surface area is 105 Å². The predicted octanol–water partition coefficient (Wildman–Crippen LogP) is 2.26. The topological polar surface area (TPSA) is 44.8 Å². The molecule has 1 aliphatic rings. The Hall–Kier alpha value is -1.46. The zero-order valence-electron chi connectivity index (χ0n) is 10.4. The molecule has 1 aliphatic heterocycles. The van der Waals surface area contributed by atoms with Gasteiger partial charge in [-0.3, -0.25) is 4.79 Å². The lowest BCUT2D eigenvalue weighted by atomic mass is 9.99. The first-order chi connectivity index (χ1) is 8.68. The van der Waals surface area contributed by atoms with Crippen molar-refractivity contribution in [1.82, 2.24) is 0 Å². The van der Waals surface area contributed by atoms with E-state index < -0.39 is 11.6 Å². The summed E-state index contributed by atoms with van der Waals surface area (Å²) in [7, 11) is 1.39. The highest BCUT2D eigenvalue weighted by Gasteiger charge is 2.40. The molecule has 0 saturated carbocycles. The van der Waals surface area contributed by atoms with Crippen molar-refractivity contribution in [2.75, 3.05) is 20.3 Å². The molecule has 5 heteroatoms. The first kappa shape index (κ1) is 13.0. The third kappa shape index (κ3) is 1.89. The molecule has 0 N–H and O–H groups in total. The Morgan fingerprint density at radius 1 is 1.44 bits per heavy atom. The molecule has 0 spiro atoms. The second-order valence-electron chi connectivity index (χ2n) is 3.96. The van der Waals surface area contributed by atoms with Gasteiger partial charge < -0.3 is 14.2 Å². The SMILES string of the molecule is CCC1(c2ccc(F)c(C=O)c2OC)OCCO1. The molecule has 0 aromatic heterocycles. The first-order valence-corrected chi connectivity index (χ1v) is 5.78. The molecule has 0 unspecified atom stereocenters. The van der Waals surface area contributed by atoms with Gasteiger partial charge in [0, 0.05) is 6.42 Å². The summed E-state index contributed by atoms with van der Waals surface area (Å²) < 4.78 is 29.9. The van der Waals surface area contributed by atoms with Gasteiger partial charge in [0.1, 0.15) is 11.6 Å². The third-order valence-electron chi connectivity index (χ3n) is 3.09. The van der Waals surface area contributed by atoms with Crippen LogP contribution in [0.2, 0.25) is 0 Å². The lowest BCUT2D eigenvalue weighted by Crippen LogP contribution is -2.27. The number of benzene rings is 1. The van der Waals surface area contributed by atoms with Crippen LogP contribution in [0, 0.1) is 5.82 Å². The van der Waals surface area contributed by atoms with E-state index in [0.717, 1.165) is 0 Å². The molecule has 4 nitrogen and oxygen atoms in total. The Morgan fingerprint density at radius 3 is 2.61 bits per heavy atom. The summed E-state index contributed by atoms with van der Waals surface area (Å²) in [6.45, 7) is 2.82. The molecule has 1 heterocycles. The van der Waals surface area contributed by atoms with Gasteiger partial charge in [-0.2, -0.15) is 0 Å². The fourth-order valence-electron chi connectivity index (χ4n) is 2.21. The van der Waals surface area contributed by atoms with Crippen LogP contribution in [-0.2, 0) is 15.3 Å². The van der Waals surface area contributed by atoms with Crippen molar-refractivity contribution in [2.45, 2.75) is 19.1 Å². The van der Waals surface area contributed by atoms with Crippen LogP contribution in [0.15, 0.2) is 12.1 Å². The number of aldehydes is 1. The molecule has 1 saturated heterocycles. The fourth-order valence-corrected chi connectivity index (χ4v) is 2.21. The number of hydrogen-bond donors (Lipinski definition) is 0. The monoisotopic (exact) mass is 254 g/mol. The summed E-state index contributed by atoms with van der Waals surface area (Å²) in [5.41, 5.74) is 0.440. The summed E-state index contributed by atoms with van der Waals surface area (Å²) in [6, 6.07) is 2.76. The van der Waals surface area contributed by atoms with Crippen LogP contribution in [0.5, 0.6) is 5.75 Å². The van der Waals surface area contributed by atoms with Crippen molar-refractivity contribution in [2.24, 2.45) is 0 Å². The molecule has 0 bridgehead atoms. The maximum absolute atomic E-state index is 13.5. The first-order valence-electron chi connectivity index (χ1n) is 5.78. The lowest BCUT2D eigenvalue weighted by Gasteiger charge is -2.28. The summed E-state index contributed by atoms with van der Waals surface area (Å²) in [4.78, 5) is 11.0. The van der Waals surface area contributed by atoms with E-state index in [2.05, 4.69) is 0 Å². The molecule has 98 valence electrons. The highest BCUT2D eigenvalue weighted by Crippen LogP contribution is 2.41. The van der Waals surface area contributed by atoms with E-state index in [0.29, 0.717) is 31.5 Å². The summed E-state index contributed by atoms with van der Waals surface area (Å²) >= 11 is 0. The van der Waals surface area contributed by atoms with Crippen molar-refractivity contribution in [1.29, 1.82) is 0 Å². The molecular formula is C13H15FO4. The van der Waals surface area contributed by atoms with Crippen molar-refractivity contribution in [3.63, 3.8) is 0 Å². The molecule has 0 atom stereocenters. The van der Waals surface area contributed by atoms with Gasteiger partial charge in [-0.15, -0.1) is 0 Å². The minimum atomic E-state index is -0.948. The number of methoxy groups -OCH3 is 1. The molecule has 1 fully saturated rings. The number of halogens is 1. The van der Waals surface area contributed by atoms with E-state index in [1.165, 1.54) is 19.2 Å². The molecule has 1 aromatic rings. The van der Waals surface area contributed by atoms with Gasteiger partial charge in [-0.05, 0) is 12.1 Å². The highest BCUT2D eigenvalue weighted by atomic mass is 19.1. The lowest BCUT2D eigenvalue weighted by molar-refractivity contribution is -0.168. The minimum Gasteiger partial charge on any atom is -0.495 e. The van der Waals surface area contributed by atoms with Crippen LogP contribution in [0.3, 0.4) is 0 Å². The second-order valence-corrected chi connectivity index (χ2v) is 3.96. The highest BCUT2D eigenvalue weighted by molar-refractivity contribution is 5.81. The smallest absolute Gasteiger partial charge is 0.198 e. The van der Waals surface area contributed by atoms with Crippen LogP contribution in [0.25, 0.3) is 0 Å². The maximum atomic E-state index is 13.5. The van der Waals surface area contributed by atoms with Crippen LogP contribution < -0.4 is 4.74 Å². The average molecular weight is 254 g/mol. The normalized spacial score (nSPS) is 17.7. The maximum Gasteiger partial charge on any atom is 0.198 e. The Morgan fingerprint density at radius 2 is 2.11 bits per heavy atom. The number of carbonyl (C=O) groups excluding carboxylic acids is 1. The van der Waals surface area contributed by atoms with E-state index in [4.69, 9.17) is 14.2 Å². The van der Waals surface area contributed by atoms with Crippen LogP contribution in [-0.4, -0.2) is 26.6 Å². The number of ether oxygens (including phenoxy) is 3. The Balaban J connectivity index is 2.60. The van der Waals surface area contributed by atoms with E-state index in [9.17, 15) is 9.18 Å². The summed E-state index contributed by atoms with van der Waals surface area (Å²) in [6.07, 6.45) is 0.989. The van der Waals surface area contributed by atoms with Crippen molar-refractivity contribution < 1.29 is 23.4 Å². The molecule has 0 radical (unpaired) electrons. The van der Waals surface area contributed by atoms with Crippen LogP contribution in [0.4, 0.5) is 4.39 Å². The largest absolute Gasteiger partial charge is 0.495 e. The van der Waals surface area contributed by atoms with Gasteiger partial charge in [0.2, 0.25) is 0 Å². The second kappa shape index (κ2) is 5.04. The fraction of sp³-hybridized carbons (Fsp3) is 0.462. The molecule has 18 heavy (non-hydrogen) atoms. The van der Waals surface area contributed by atoms with Gasteiger partial charge in [-0.25, -0.2) is 4.39 Å². The number of rotatable bonds is 4. The van der Waals surface area contributed by atoms with E-state index in [-0.39, 0.29) is 11.3 Å². The third-order valence-corrected chi connectivity index (χ3v) is 3.09. The summed E-state index contributed by atoms with van der Waals surface area (Å²) in [5, 5.41) is 0. The van der Waals surface area contributed by atoms with E-state index in [1.807, 2.05) is 6.92 Å². The standard InChI is InChI=1S/C13H15FO4/c1-3-13(17-6-7-18-13)10-4-5-11(14)9(8-15)12(10)16-2/h4-5,8H,3,6-7H2,1-2H3. The predicted molar refractivity (Wildman–Crippen MR) is 62.2 cm³/mol. The minimum absolute atomic E-state index is 0.109. The van der Waals surface area contributed by atoms with Gasteiger partial charge in [0.05, 0.1) is 31.5 Å². The van der Waals surface area contributed by atoms with Crippen LogP contribution in [0.1, 0.15) is 29.3 Å².